The summed E-state index contributed by atoms with van der Waals surface area (Å²) in [5.41, 5.74) is 0.124. The zero-order valence-electron chi connectivity index (χ0n) is 15.4. The van der Waals surface area contributed by atoms with E-state index in [2.05, 4.69) is 14.9 Å². The number of methoxy groups -OCH3 is 1. The summed E-state index contributed by atoms with van der Waals surface area (Å²) in [6, 6.07) is 9.39. The number of aryl methyl sites for hydroxylation is 1. The Kier molecular flexibility index (Phi) is 4.68. The van der Waals surface area contributed by atoms with Crippen molar-refractivity contribution in [3.8, 4) is 17.4 Å². The van der Waals surface area contributed by atoms with Gasteiger partial charge < -0.3 is 19.1 Å². The van der Waals surface area contributed by atoms with Gasteiger partial charge in [-0.05, 0) is 56.9 Å². The van der Waals surface area contributed by atoms with Crippen molar-refractivity contribution < 1.29 is 14.2 Å². The fourth-order valence-corrected chi connectivity index (χ4v) is 3.59. The van der Waals surface area contributed by atoms with Gasteiger partial charge in [0.15, 0.2) is 0 Å². The van der Waals surface area contributed by atoms with Gasteiger partial charge in [0.05, 0.1) is 19.3 Å². The van der Waals surface area contributed by atoms with Crippen LogP contribution in [0.4, 0.5) is 5.82 Å². The first-order valence-corrected chi connectivity index (χ1v) is 9.22. The molecule has 6 nitrogen and oxygen atoms in total. The summed E-state index contributed by atoms with van der Waals surface area (Å²) in [4.78, 5) is 11.3. The number of hydrogen-bond acceptors (Lipinski definition) is 6. The highest BCUT2D eigenvalue weighted by molar-refractivity contribution is 5.43. The first kappa shape index (κ1) is 17.1. The molecule has 0 unspecified atom stereocenters. The highest BCUT2D eigenvalue weighted by Gasteiger charge is 2.39. The number of nitrogens with zero attached hydrogens (tertiary/aromatic N) is 3. The topological polar surface area (TPSA) is 56.7 Å². The Bertz CT molecular complexity index is 759. The van der Waals surface area contributed by atoms with Crippen LogP contribution in [0.2, 0.25) is 0 Å². The maximum atomic E-state index is 6.13. The quantitative estimate of drug-likeness (QED) is 0.833. The van der Waals surface area contributed by atoms with Gasteiger partial charge >= 0.3 is 0 Å². The molecular formula is C20H25N3O3. The maximum absolute atomic E-state index is 6.13. The van der Waals surface area contributed by atoms with Crippen LogP contribution in [0.25, 0.3) is 0 Å². The molecule has 1 spiro atoms. The van der Waals surface area contributed by atoms with Crippen molar-refractivity contribution in [3.63, 3.8) is 0 Å². The van der Waals surface area contributed by atoms with Crippen LogP contribution in [0.5, 0.6) is 17.4 Å². The third-order valence-corrected chi connectivity index (χ3v) is 5.28. The lowest BCUT2D eigenvalue weighted by molar-refractivity contribution is -0.0928. The molecule has 1 aliphatic heterocycles. The third-order valence-electron chi connectivity index (χ3n) is 5.28. The van der Waals surface area contributed by atoms with Crippen LogP contribution in [0.1, 0.15) is 31.5 Å². The van der Waals surface area contributed by atoms with E-state index in [-0.39, 0.29) is 5.60 Å². The van der Waals surface area contributed by atoms with E-state index in [1.165, 1.54) is 19.3 Å². The summed E-state index contributed by atoms with van der Waals surface area (Å²) in [6.45, 7) is 4.45. The molecule has 2 aromatic rings. The Morgan fingerprint density at radius 2 is 1.81 bits per heavy atom. The molecule has 26 heavy (non-hydrogen) atoms. The van der Waals surface area contributed by atoms with Crippen molar-refractivity contribution in [1.82, 2.24) is 9.97 Å². The number of hydrogen-bond donors (Lipinski definition) is 0. The van der Waals surface area contributed by atoms with Crippen LogP contribution < -0.4 is 14.4 Å². The van der Waals surface area contributed by atoms with E-state index in [9.17, 15) is 0 Å². The van der Waals surface area contributed by atoms with Gasteiger partial charge in [-0.2, -0.15) is 4.98 Å². The maximum Gasteiger partial charge on any atom is 0.224 e. The summed E-state index contributed by atoms with van der Waals surface area (Å²) >= 11 is 0. The lowest BCUT2D eigenvalue weighted by Crippen LogP contribution is -2.40. The second kappa shape index (κ2) is 7.11. The van der Waals surface area contributed by atoms with Crippen molar-refractivity contribution in [2.45, 2.75) is 38.2 Å². The van der Waals surface area contributed by atoms with E-state index in [1.54, 1.807) is 7.11 Å². The fraction of sp³-hybridized carbons (Fsp3) is 0.500. The Labute approximate surface area is 154 Å². The highest BCUT2D eigenvalue weighted by Crippen LogP contribution is 2.40. The van der Waals surface area contributed by atoms with Gasteiger partial charge in [-0.1, -0.05) is 0 Å². The molecule has 2 aliphatic rings. The second-order valence-corrected chi connectivity index (χ2v) is 7.01. The van der Waals surface area contributed by atoms with Gasteiger partial charge in [0.2, 0.25) is 5.88 Å². The smallest absolute Gasteiger partial charge is 0.224 e. The number of ether oxygens (including phenoxy) is 3. The van der Waals surface area contributed by atoms with E-state index in [1.807, 2.05) is 37.3 Å². The molecule has 4 rings (SSSR count). The summed E-state index contributed by atoms with van der Waals surface area (Å²) in [6.07, 6.45) is 4.72. The average molecular weight is 355 g/mol. The van der Waals surface area contributed by atoms with Crippen LogP contribution >= 0.6 is 0 Å². The molecule has 1 saturated carbocycles. The molecule has 1 aromatic carbocycles. The minimum absolute atomic E-state index is 0.124. The van der Waals surface area contributed by atoms with Crippen molar-refractivity contribution in [2.24, 2.45) is 0 Å². The largest absolute Gasteiger partial charge is 0.497 e. The fourth-order valence-electron chi connectivity index (χ4n) is 3.59. The van der Waals surface area contributed by atoms with Gasteiger partial charge in [0, 0.05) is 19.2 Å². The minimum Gasteiger partial charge on any atom is -0.497 e. The SMILES string of the molecule is COc1ccc(Oc2cc(N3CCOC4(CCC4)CC3)nc(C)n2)cc1. The molecule has 1 saturated heterocycles. The van der Waals surface area contributed by atoms with Crippen molar-refractivity contribution in [3.05, 3.63) is 36.2 Å². The van der Waals surface area contributed by atoms with E-state index < -0.39 is 0 Å². The summed E-state index contributed by atoms with van der Waals surface area (Å²) in [5, 5.41) is 0. The Morgan fingerprint density at radius 3 is 2.50 bits per heavy atom. The lowest BCUT2D eigenvalue weighted by atomic mass is 9.77. The van der Waals surface area contributed by atoms with Gasteiger partial charge in [-0.15, -0.1) is 0 Å². The Balaban J connectivity index is 1.50. The Hall–Kier alpha value is -2.34. The molecular weight excluding hydrogens is 330 g/mol. The number of aromatic nitrogens is 2. The van der Waals surface area contributed by atoms with Crippen molar-refractivity contribution in [1.29, 1.82) is 0 Å². The van der Waals surface area contributed by atoms with Crippen molar-refractivity contribution in [2.75, 3.05) is 31.7 Å². The van der Waals surface area contributed by atoms with Crippen LogP contribution in [-0.2, 0) is 4.74 Å². The molecule has 1 aliphatic carbocycles. The summed E-state index contributed by atoms with van der Waals surface area (Å²) in [5.74, 6) is 3.69. The molecule has 0 radical (unpaired) electrons. The molecule has 0 N–H and O–H groups in total. The molecule has 2 heterocycles. The van der Waals surface area contributed by atoms with E-state index in [4.69, 9.17) is 14.2 Å². The normalized spacial score (nSPS) is 18.9. The molecule has 6 heteroatoms. The zero-order chi connectivity index (χ0) is 18.0. The third kappa shape index (κ3) is 3.60. The highest BCUT2D eigenvalue weighted by atomic mass is 16.5. The van der Waals surface area contributed by atoms with E-state index >= 15 is 0 Å². The monoisotopic (exact) mass is 355 g/mol. The molecule has 0 amide bonds. The number of benzene rings is 1. The first-order valence-electron chi connectivity index (χ1n) is 9.22. The van der Waals surface area contributed by atoms with Crippen LogP contribution in [0.15, 0.2) is 30.3 Å². The van der Waals surface area contributed by atoms with E-state index in [0.29, 0.717) is 11.7 Å². The first-order chi connectivity index (χ1) is 12.7. The number of anilines is 1. The molecule has 138 valence electrons. The number of rotatable bonds is 4. The standard InChI is InChI=1S/C20H25N3O3/c1-15-21-18(23-11-10-20(8-3-9-20)25-13-12-23)14-19(22-15)26-17-6-4-16(24-2)5-7-17/h4-7,14H,3,8-13H2,1-2H3. The predicted molar refractivity (Wildman–Crippen MR) is 99.2 cm³/mol. The summed E-state index contributed by atoms with van der Waals surface area (Å²) < 4.78 is 17.2. The molecule has 1 aromatic heterocycles. The van der Waals surface area contributed by atoms with Gasteiger partial charge in [0.1, 0.15) is 23.1 Å². The van der Waals surface area contributed by atoms with Crippen molar-refractivity contribution >= 4 is 5.82 Å². The van der Waals surface area contributed by atoms with Gasteiger partial charge in [-0.25, -0.2) is 4.98 Å². The average Bonchev–Trinajstić information content (AvgIpc) is 2.85. The predicted octanol–water partition coefficient (Wildman–Crippen LogP) is 3.74. The van der Waals surface area contributed by atoms with Gasteiger partial charge in [0.25, 0.3) is 0 Å². The van der Waals surface area contributed by atoms with E-state index in [0.717, 1.165) is 43.4 Å². The second-order valence-electron chi connectivity index (χ2n) is 7.01. The molecule has 0 atom stereocenters. The summed E-state index contributed by atoms with van der Waals surface area (Å²) in [7, 11) is 1.65. The van der Waals surface area contributed by atoms with Crippen LogP contribution in [-0.4, -0.2) is 42.4 Å². The molecule has 0 bridgehead atoms. The molecule has 2 fully saturated rings. The zero-order valence-corrected chi connectivity index (χ0v) is 15.4. The van der Waals surface area contributed by atoms with Crippen LogP contribution in [0, 0.1) is 6.92 Å². The van der Waals surface area contributed by atoms with Crippen LogP contribution in [0.3, 0.4) is 0 Å². The van der Waals surface area contributed by atoms with Gasteiger partial charge in [-0.3, -0.25) is 0 Å². The minimum atomic E-state index is 0.124. The lowest BCUT2D eigenvalue weighted by Gasteiger charge is -2.40. The Morgan fingerprint density at radius 1 is 1.04 bits per heavy atom.